The van der Waals surface area contributed by atoms with E-state index in [-0.39, 0.29) is 0 Å². The van der Waals surface area contributed by atoms with Crippen LogP contribution in [0, 0.1) is 11.8 Å². The van der Waals surface area contributed by atoms with Crippen LogP contribution in [0.3, 0.4) is 0 Å². The third-order valence-corrected chi connectivity index (χ3v) is 5.21. The van der Waals surface area contributed by atoms with Gasteiger partial charge in [-0.25, -0.2) is 0 Å². The molecule has 0 saturated heterocycles. The Morgan fingerprint density at radius 3 is 2.00 bits per heavy atom. The molecule has 27 heavy (non-hydrogen) atoms. The van der Waals surface area contributed by atoms with E-state index < -0.39 is 0 Å². The molecule has 3 rings (SSSR count). The highest BCUT2D eigenvalue weighted by molar-refractivity contribution is 5.35. The average Bonchev–Trinajstić information content (AvgIpc) is 3.31. The second-order valence-electron chi connectivity index (χ2n) is 7.39. The summed E-state index contributed by atoms with van der Waals surface area (Å²) in [5, 5.41) is 6.36. The van der Waals surface area contributed by atoms with Crippen LogP contribution >= 0.6 is 0 Å². The Balaban J connectivity index is 1.61. The van der Waals surface area contributed by atoms with Crippen LogP contribution in [0.2, 0.25) is 0 Å². The highest BCUT2D eigenvalue weighted by atomic mass is 16.5. The number of hydrogen-bond acceptors (Lipinski definition) is 7. The molecule has 2 aliphatic carbocycles. The van der Waals surface area contributed by atoms with Crippen molar-refractivity contribution in [2.24, 2.45) is 11.8 Å². The van der Waals surface area contributed by atoms with Crippen LogP contribution in [0.1, 0.15) is 64.1 Å². The number of nitrogens with one attached hydrogen (secondary N) is 2. The second kappa shape index (κ2) is 10.6. The summed E-state index contributed by atoms with van der Waals surface area (Å²) in [6, 6.07) is 0. The fraction of sp³-hybridized carbons (Fsp3) is 0.750. The van der Waals surface area contributed by atoms with Crippen molar-refractivity contribution in [1.82, 2.24) is 15.0 Å². The zero-order valence-electron chi connectivity index (χ0n) is 16.6. The van der Waals surface area contributed by atoms with Gasteiger partial charge in [0.15, 0.2) is 0 Å². The van der Waals surface area contributed by atoms with Crippen molar-refractivity contribution in [2.75, 3.05) is 37.3 Å². The van der Waals surface area contributed by atoms with Crippen molar-refractivity contribution in [3.05, 3.63) is 18.0 Å². The van der Waals surface area contributed by atoms with Gasteiger partial charge in [0.05, 0.1) is 0 Å². The van der Waals surface area contributed by atoms with Crippen molar-refractivity contribution < 1.29 is 9.47 Å². The van der Waals surface area contributed by atoms with E-state index >= 15 is 0 Å². The van der Waals surface area contributed by atoms with Crippen LogP contribution in [-0.2, 0) is 9.47 Å². The topological polar surface area (TPSA) is 81.2 Å². The van der Waals surface area contributed by atoms with Crippen LogP contribution in [-0.4, -0.2) is 41.6 Å². The molecule has 3 unspecified atom stereocenters. The van der Waals surface area contributed by atoms with Gasteiger partial charge in [-0.05, 0) is 37.5 Å². The number of rotatable bonds is 13. The molecule has 1 aromatic heterocycles. The Morgan fingerprint density at radius 1 is 0.889 bits per heavy atom. The first-order chi connectivity index (χ1) is 13.3. The Labute approximate surface area is 162 Å². The summed E-state index contributed by atoms with van der Waals surface area (Å²) in [5.74, 6) is 3.62. The van der Waals surface area contributed by atoms with Crippen LogP contribution in [0.15, 0.2) is 12.2 Å². The van der Waals surface area contributed by atoms with Crippen molar-refractivity contribution >= 4 is 11.9 Å². The summed E-state index contributed by atoms with van der Waals surface area (Å²) in [5.41, 5.74) is 0. The summed E-state index contributed by atoms with van der Waals surface area (Å²) in [6.45, 7) is 6.61. The number of unbranched alkanes of at least 4 members (excludes halogenated alkanes) is 2. The molecule has 0 spiro atoms. The molecule has 0 aromatic carbocycles. The maximum atomic E-state index is 5.59. The van der Waals surface area contributed by atoms with E-state index in [1.165, 1.54) is 6.42 Å². The first-order valence-electron chi connectivity index (χ1n) is 10.4. The zero-order valence-corrected chi connectivity index (χ0v) is 16.6. The number of fused-ring (bicyclic) bond motifs is 2. The molecule has 1 aromatic rings. The third-order valence-electron chi connectivity index (χ3n) is 5.21. The molecule has 1 saturated carbocycles. The highest BCUT2D eigenvalue weighted by Crippen LogP contribution is 2.47. The van der Waals surface area contributed by atoms with Gasteiger partial charge in [0.2, 0.25) is 11.9 Å². The van der Waals surface area contributed by atoms with E-state index in [2.05, 4.69) is 51.6 Å². The molecule has 0 amide bonds. The molecule has 2 N–H and O–H groups in total. The summed E-state index contributed by atoms with van der Waals surface area (Å²) in [4.78, 5) is 13.8. The third kappa shape index (κ3) is 5.87. The molecule has 150 valence electrons. The lowest BCUT2D eigenvalue weighted by Gasteiger charge is -2.18. The molecule has 0 aliphatic heterocycles. The van der Waals surface area contributed by atoms with Gasteiger partial charge < -0.3 is 20.1 Å². The van der Waals surface area contributed by atoms with Gasteiger partial charge in [0, 0.05) is 19.1 Å². The molecular formula is C20H33N5O2. The van der Waals surface area contributed by atoms with Gasteiger partial charge in [-0.3, -0.25) is 0 Å². The van der Waals surface area contributed by atoms with Crippen LogP contribution in [0.5, 0.6) is 0 Å². The first kappa shape index (κ1) is 20.0. The number of allylic oxidation sites excluding steroid dienone is 2. The summed E-state index contributed by atoms with van der Waals surface area (Å²) >= 11 is 0. The number of anilines is 2. The maximum Gasteiger partial charge on any atom is 0.229 e. The van der Waals surface area contributed by atoms with Crippen LogP contribution in [0.4, 0.5) is 11.9 Å². The monoisotopic (exact) mass is 375 g/mol. The van der Waals surface area contributed by atoms with Crippen LogP contribution < -0.4 is 10.6 Å². The molecule has 1 fully saturated rings. The van der Waals surface area contributed by atoms with Gasteiger partial charge in [-0.1, -0.05) is 38.8 Å². The Morgan fingerprint density at radius 2 is 1.52 bits per heavy atom. The fourth-order valence-electron chi connectivity index (χ4n) is 3.66. The minimum atomic E-state index is 0.381. The lowest BCUT2D eigenvalue weighted by atomic mass is 9.93. The largest absolute Gasteiger partial charge is 0.361 e. The summed E-state index contributed by atoms with van der Waals surface area (Å²) < 4.78 is 11.2. The SMILES string of the molecule is CCCCOCNc1nc(NCOCCCC)nc(C2CC3C=CC2C3)n1. The molecule has 3 atom stereocenters. The number of nitrogens with zero attached hydrogens (tertiary/aromatic N) is 3. The van der Waals surface area contributed by atoms with Crippen molar-refractivity contribution in [1.29, 1.82) is 0 Å². The molecule has 2 bridgehead atoms. The lowest BCUT2D eigenvalue weighted by molar-refractivity contribution is 0.148. The minimum absolute atomic E-state index is 0.381. The van der Waals surface area contributed by atoms with Gasteiger partial charge >= 0.3 is 0 Å². The predicted octanol–water partition coefficient (Wildman–Crippen LogP) is 3.92. The maximum absolute atomic E-state index is 5.59. The minimum Gasteiger partial charge on any atom is -0.361 e. The van der Waals surface area contributed by atoms with E-state index in [0.29, 0.717) is 43.1 Å². The Bertz CT molecular complexity index is 578. The number of aromatic nitrogens is 3. The first-order valence-corrected chi connectivity index (χ1v) is 10.4. The average molecular weight is 376 g/mol. The number of hydrogen-bond donors (Lipinski definition) is 2. The van der Waals surface area contributed by atoms with E-state index in [9.17, 15) is 0 Å². The number of ether oxygens (including phenoxy) is 2. The predicted molar refractivity (Wildman–Crippen MR) is 107 cm³/mol. The molecule has 7 heteroatoms. The zero-order chi connectivity index (χ0) is 18.9. The van der Waals surface area contributed by atoms with E-state index in [4.69, 9.17) is 9.47 Å². The van der Waals surface area contributed by atoms with Gasteiger partial charge in [0.1, 0.15) is 19.3 Å². The smallest absolute Gasteiger partial charge is 0.229 e. The fourth-order valence-corrected chi connectivity index (χ4v) is 3.66. The normalized spacial score (nSPS) is 23.1. The van der Waals surface area contributed by atoms with Crippen molar-refractivity contribution in [2.45, 2.75) is 58.3 Å². The molecular weight excluding hydrogens is 342 g/mol. The lowest BCUT2D eigenvalue weighted by Crippen LogP contribution is -2.18. The van der Waals surface area contributed by atoms with E-state index in [0.717, 1.165) is 51.1 Å². The van der Waals surface area contributed by atoms with Crippen molar-refractivity contribution in [3.8, 4) is 0 Å². The summed E-state index contributed by atoms with van der Waals surface area (Å²) in [7, 11) is 0. The molecule has 2 aliphatic rings. The van der Waals surface area contributed by atoms with Crippen LogP contribution in [0.25, 0.3) is 0 Å². The molecule has 1 heterocycles. The van der Waals surface area contributed by atoms with Gasteiger partial charge in [0.25, 0.3) is 0 Å². The standard InChI is InChI=1S/C20H33N5O2/c1-3-5-9-26-13-21-19-23-18(17-12-15-7-8-16(17)11-15)24-20(25-19)22-14-27-10-6-4-2/h7-8,15-17H,3-6,9-14H2,1-2H3,(H2,21,22,23,24,25). The van der Waals surface area contributed by atoms with Crippen molar-refractivity contribution in [3.63, 3.8) is 0 Å². The highest BCUT2D eigenvalue weighted by Gasteiger charge is 2.38. The van der Waals surface area contributed by atoms with E-state index in [1.54, 1.807) is 0 Å². The Hall–Kier alpha value is -1.73. The Kier molecular flexibility index (Phi) is 7.83. The van der Waals surface area contributed by atoms with Gasteiger partial charge in [-0.15, -0.1) is 0 Å². The van der Waals surface area contributed by atoms with Gasteiger partial charge in [-0.2, -0.15) is 15.0 Å². The quantitative estimate of drug-likeness (QED) is 0.307. The summed E-state index contributed by atoms with van der Waals surface area (Å²) in [6.07, 6.45) is 11.4. The van der Waals surface area contributed by atoms with E-state index in [1.807, 2.05) is 0 Å². The molecule has 7 nitrogen and oxygen atoms in total. The molecule has 0 radical (unpaired) electrons. The second-order valence-corrected chi connectivity index (χ2v) is 7.39.